The second-order valence-electron chi connectivity index (χ2n) is 5.69. The Morgan fingerprint density at radius 3 is 2.79 bits per heavy atom. The van der Waals surface area contributed by atoms with Crippen molar-refractivity contribution in [2.45, 2.75) is 31.6 Å². The minimum atomic E-state index is -4.51. The highest BCUT2D eigenvalue weighted by Gasteiger charge is 2.35. The molecule has 2 aromatic rings. The van der Waals surface area contributed by atoms with Crippen LogP contribution >= 0.6 is 0 Å². The van der Waals surface area contributed by atoms with E-state index >= 15 is 0 Å². The van der Waals surface area contributed by atoms with Crippen molar-refractivity contribution < 1.29 is 18.0 Å². The number of urea groups is 1. The van der Waals surface area contributed by atoms with Gasteiger partial charge in [-0.05, 0) is 31.0 Å². The van der Waals surface area contributed by atoms with Gasteiger partial charge in [0.15, 0.2) is 0 Å². The largest absolute Gasteiger partial charge is 0.418 e. The van der Waals surface area contributed by atoms with Crippen LogP contribution in [0.15, 0.2) is 42.7 Å². The van der Waals surface area contributed by atoms with E-state index in [1.54, 1.807) is 28.0 Å². The number of nitrogens with zero attached hydrogens (tertiary/aromatic N) is 3. The molecule has 3 rings (SSSR count). The van der Waals surface area contributed by atoms with E-state index in [9.17, 15) is 18.0 Å². The number of hydrogen-bond acceptors (Lipinski definition) is 2. The Labute approximate surface area is 137 Å². The number of hydrogen-bond donors (Lipinski definition) is 1. The van der Waals surface area contributed by atoms with Crippen LogP contribution in [0.5, 0.6) is 0 Å². The summed E-state index contributed by atoms with van der Waals surface area (Å²) in [6.07, 6.45) is 0.560. The van der Waals surface area contributed by atoms with Gasteiger partial charge in [-0.25, -0.2) is 4.79 Å². The standard InChI is InChI=1S/C16H17F3N4O/c17-16(18,19)13-6-1-2-7-14(13)21-15(24)23-10-3-5-12(23)11-22-9-4-8-20-22/h1-2,4,6-9,12H,3,5,10-11H2,(H,21,24)/t12-/m1/s1. The Bertz CT molecular complexity index is 700. The normalized spacial score (nSPS) is 18.0. The molecule has 0 radical (unpaired) electrons. The van der Waals surface area contributed by atoms with Crippen LogP contribution in [-0.4, -0.2) is 33.3 Å². The van der Waals surface area contributed by atoms with Crippen LogP contribution in [0.2, 0.25) is 0 Å². The molecule has 8 heteroatoms. The van der Waals surface area contributed by atoms with Gasteiger partial charge in [0.2, 0.25) is 0 Å². The fraction of sp³-hybridized carbons (Fsp3) is 0.375. The Balaban J connectivity index is 1.73. The lowest BCUT2D eigenvalue weighted by Gasteiger charge is -2.25. The van der Waals surface area contributed by atoms with E-state index in [-0.39, 0.29) is 11.7 Å². The van der Waals surface area contributed by atoms with Crippen LogP contribution in [0.1, 0.15) is 18.4 Å². The number of anilines is 1. The van der Waals surface area contributed by atoms with Gasteiger partial charge in [0.05, 0.1) is 23.8 Å². The number of nitrogens with one attached hydrogen (secondary N) is 1. The molecule has 1 aliphatic heterocycles. The smallest absolute Gasteiger partial charge is 0.320 e. The van der Waals surface area contributed by atoms with E-state index in [0.29, 0.717) is 13.1 Å². The van der Waals surface area contributed by atoms with Crippen molar-refractivity contribution in [1.82, 2.24) is 14.7 Å². The molecule has 0 unspecified atom stereocenters. The molecule has 0 saturated carbocycles. The van der Waals surface area contributed by atoms with Crippen LogP contribution in [0, 0.1) is 0 Å². The first-order valence-electron chi connectivity index (χ1n) is 7.66. The van der Waals surface area contributed by atoms with Gasteiger partial charge in [0.25, 0.3) is 0 Å². The molecule has 2 amide bonds. The number of halogens is 3. The van der Waals surface area contributed by atoms with Crippen molar-refractivity contribution in [3.05, 3.63) is 48.3 Å². The van der Waals surface area contributed by atoms with Gasteiger partial charge in [-0.3, -0.25) is 4.68 Å². The number of likely N-dealkylation sites (tertiary alicyclic amines) is 1. The quantitative estimate of drug-likeness (QED) is 0.930. The molecular formula is C16H17F3N4O. The van der Waals surface area contributed by atoms with Crippen LogP contribution < -0.4 is 5.32 Å². The summed E-state index contributed by atoms with van der Waals surface area (Å²) in [5.74, 6) is 0. The predicted molar refractivity (Wildman–Crippen MR) is 82.4 cm³/mol. The average Bonchev–Trinajstić information content (AvgIpc) is 3.19. The molecule has 1 aliphatic rings. The predicted octanol–water partition coefficient (Wildman–Crippen LogP) is 3.60. The van der Waals surface area contributed by atoms with Gasteiger partial charge in [-0.2, -0.15) is 18.3 Å². The Morgan fingerprint density at radius 2 is 2.08 bits per heavy atom. The van der Waals surface area contributed by atoms with Gasteiger partial charge in [-0.1, -0.05) is 12.1 Å². The number of para-hydroxylation sites is 1. The van der Waals surface area contributed by atoms with Crippen molar-refractivity contribution in [3.63, 3.8) is 0 Å². The minimum Gasteiger partial charge on any atom is -0.320 e. The number of benzene rings is 1. The molecule has 1 fully saturated rings. The second-order valence-corrected chi connectivity index (χ2v) is 5.69. The molecule has 1 atom stereocenters. The number of carbonyl (C=O) groups is 1. The Hall–Kier alpha value is -2.51. The van der Waals surface area contributed by atoms with Gasteiger partial charge >= 0.3 is 12.2 Å². The van der Waals surface area contributed by atoms with Gasteiger partial charge in [0.1, 0.15) is 0 Å². The third-order valence-corrected chi connectivity index (χ3v) is 4.07. The van der Waals surface area contributed by atoms with Crippen LogP contribution in [0.3, 0.4) is 0 Å². The molecule has 0 spiro atoms. The van der Waals surface area contributed by atoms with E-state index in [1.165, 1.54) is 18.2 Å². The van der Waals surface area contributed by atoms with E-state index in [4.69, 9.17) is 0 Å². The van der Waals surface area contributed by atoms with Crippen molar-refractivity contribution in [1.29, 1.82) is 0 Å². The Kier molecular flexibility index (Phi) is 4.46. The number of rotatable bonds is 3. The van der Waals surface area contributed by atoms with Crippen molar-refractivity contribution in [3.8, 4) is 0 Å². The zero-order chi connectivity index (χ0) is 17.2. The van der Waals surface area contributed by atoms with Crippen LogP contribution in [0.25, 0.3) is 0 Å². The van der Waals surface area contributed by atoms with Gasteiger partial charge in [-0.15, -0.1) is 0 Å². The maximum absolute atomic E-state index is 13.0. The first kappa shape index (κ1) is 16.4. The molecule has 2 heterocycles. The van der Waals surface area contributed by atoms with E-state index < -0.39 is 17.8 Å². The van der Waals surface area contributed by atoms with Crippen molar-refractivity contribution in [2.24, 2.45) is 0 Å². The zero-order valence-corrected chi connectivity index (χ0v) is 12.8. The van der Waals surface area contributed by atoms with E-state index in [0.717, 1.165) is 18.9 Å². The molecular weight excluding hydrogens is 321 g/mol. The van der Waals surface area contributed by atoms with Gasteiger partial charge < -0.3 is 10.2 Å². The third kappa shape index (κ3) is 3.52. The van der Waals surface area contributed by atoms with Crippen LogP contribution in [-0.2, 0) is 12.7 Å². The number of aromatic nitrogens is 2. The summed E-state index contributed by atoms with van der Waals surface area (Å²) in [5.41, 5.74) is -1.07. The summed E-state index contributed by atoms with van der Waals surface area (Å²) in [5, 5.41) is 6.52. The van der Waals surface area contributed by atoms with E-state index in [1.807, 2.05) is 0 Å². The average molecular weight is 338 g/mol. The highest BCUT2D eigenvalue weighted by molar-refractivity contribution is 5.90. The molecule has 5 nitrogen and oxygen atoms in total. The maximum atomic E-state index is 13.0. The van der Waals surface area contributed by atoms with Crippen molar-refractivity contribution in [2.75, 3.05) is 11.9 Å². The summed E-state index contributed by atoms with van der Waals surface area (Å²) in [4.78, 5) is 14.0. The topological polar surface area (TPSA) is 50.2 Å². The monoisotopic (exact) mass is 338 g/mol. The lowest BCUT2D eigenvalue weighted by atomic mass is 10.1. The molecule has 1 N–H and O–H groups in total. The summed E-state index contributed by atoms with van der Waals surface area (Å²) in [6, 6.07) is 6.19. The summed E-state index contributed by atoms with van der Waals surface area (Å²) in [7, 11) is 0. The maximum Gasteiger partial charge on any atom is 0.418 e. The van der Waals surface area contributed by atoms with E-state index in [2.05, 4.69) is 10.4 Å². The first-order valence-corrected chi connectivity index (χ1v) is 7.66. The molecule has 1 aromatic heterocycles. The fourth-order valence-electron chi connectivity index (χ4n) is 2.94. The third-order valence-electron chi connectivity index (χ3n) is 4.07. The number of amides is 2. The number of carbonyl (C=O) groups excluding carboxylic acids is 1. The summed E-state index contributed by atoms with van der Waals surface area (Å²) in [6.45, 7) is 1.05. The second kappa shape index (κ2) is 6.54. The molecule has 1 aromatic carbocycles. The van der Waals surface area contributed by atoms with Crippen LogP contribution in [0.4, 0.5) is 23.7 Å². The Morgan fingerprint density at radius 1 is 1.29 bits per heavy atom. The lowest BCUT2D eigenvalue weighted by molar-refractivity contribution is -0.136. The highest BCUT2D eigenvalue weighted by Crippen LogP contribution is 2.35. The molecule has 0 bridgehead atoms. The molecule has 24 heavy (non-hydrogen) atoms. The lowest BCUT2D eigenvalue weighted by Crippen LogP contribution is -2.41. The van der Waals surface area contributed by atoms with Gasteiger partial charge in [0, 0.05) is 18.9 Å². The minimum absolute atomic E-state index is 0.0806. The SMILES string of the molecule is O=C(Nc1ccccc1C(F)(F)F)N1CCC[C@@H]1Cn1cccn1. The number of alkyl halides is 3. The summed E-state index contributed by atoms with van der Waals surface area (Å²) >= 11 is 0. The molecule has 1 saturated heterocycles. The first-order chi connectivity index (χ1) is 11.4. The molecule has 128 valence electrons. The fourth-order valence-corrected chi connectivity index (χ4v) is 2.94. The van der Waals surface area contributed by atoms with Crippen molar-refractivity contribution >= 4 is 11.7 Å². The zero-order valence-electron chi connectivity index (χ0n) is 12.8. The summed E-state index contributed by atoms with van der Waals surface area (Å²) < 4.78 is 40.8. The molecule has 0 aliphatic carbocycles. The highest BCUT2D eigenvalue weighted by atomic mass is 19.4.